The highest BCUT2D eigenvalue weighted by atomic mass is 32.1. The fraction of sp³-hybridized carbons (Fsp3) is 0. The summed E-state index contributed by atoms with van der Waals surface area (Å²) in [6.07, 6.45) is 0. The summed E-state index contributed by atoms with van der Waals surface area (Å²) in [5.41, 5.74) is 7.61. The SMILES string of the molecule is c1ccc(-n2c3ccccc3c3ccc(-c4nc(-n5c6ccc7ccccc7c6c6c7c8ccccc8c8ccccc8c7ccc65)nc5sc6ccccc6c45)cc32)cc1. The van der Waals surface area contributed by atoms with Crippen molar-refractivity contribution >= 4 is 118 Å². The minimum atomic E-state index is 0.664. The second kappa shape index (κ2) is 12.3. The van der Waals surface area contributed by atoms with Crippen LogP contribution in [0.2, 0.25) is 0 Å². The molecular formula is C56H32N4S. The van der Waals surface area contributed by atoms with E-state index in [1.807, 2.05) is 0 Å². The molecule has 0 saturated carbocycles. The summed E-state index contributed by atoms with van der Waals surface area (Å²) >= 11 is 1.74. The zero-order valence-electron chi connectivity index (χ0n) is 32.7. The van der Waals surface area contributed by atoms with Crippen LogP contribution in [0, 0.1) is 0 Å². The van der Waals surface area contributed by atoms with Gasteiger partial charge in [-0.2, -0.15) is 0 Å². The molecule has 4 heterocycles. The molecule has 0 bridgehead atoms. The van der Waals surface area contributed by atoms with Crippen LogP contribution in [0.1, 0.15) is 0 Å². The van der Waals surface area contributed by atoms with Gasteiger partial charge in [0, 0.05) is 53.7 Å². The van der Waals surface area contributed by atoms with Crippen molar-refractivity contribution in [3.63, 3.8) is 0 Å². The summed E-state index contributed by atoms with van der Waals surface area (Å²) in [5.74, 6) is 0.664. The maximum atomic E-state index is 5.72. The van der Waals surface area contributed by atoms with Gasteiger partial charge in [0.15, 0.2) is 0 Å². The third kappa shape index (κ3) is 4.53. The molecule has 14 aromatic rings. The highest BCUT2D eigenvalue weighted by Crippen LogP contribution is 2.46. The molecule has 14 rings (SSSR count). The van der Waals surface area contributed by atoms with Gasteiger partial charge >= 0.3 is 0 Å². The molecule has 0 spiro atoms. The zero-order valence-corrected chi connectivity index (χ0v) is 33.5. The van der Waals surface area contributed by atoms with Gasteiger partial charge in [0.1, 0.15) is 4.83 Å². The Morgan fingerprint density at radius 2 is 0.934 bits per heavy atom. The summed E-state index contributed by atoms with van der Waals surface area (Å²) < 4.78 is 5.91. The number of nitrogens with zero attached hydrogens (tertiary/aromatic N) is 4. The molecule has 0 unspecified atom stereocenters. The number of hydrogen-bond acceptors (Lipinski definition) is 3. The Kier molecular flexibility index (Phi) is 6.68. The molecule has 282 valence electrons. The van der Waals surface area contributed by atoms with E-state index in [4.69, 9.17) is 9.97 Å². The monoisotopic (exact) mass is 792 g/mol. The molecule has 4 aromatic heterocycles. The summed E-state index contributed by atoms with van der Waals surface area (Å²) in [6.45, 7) is 0. The standard InChI is InChI=1S/C56H32N4S/c1-2-15-35(16-3-1)59-45-24-12-10-21-40(45)41-28-26-34(32-48(41)59)54-52-44-23-11-13-25-49(44)61-55(52)58-56(57-54)60-46-30-27-33-14-4-5-17-36(33)51(46)53-47(60)31-29-43-39-20-7-6-18-37(39)38-19-8-9-22-42(38)50(43)53/h1-32H. The van der Waals surface area contributed by atoms with Crippen LogP contribution in [0.25, 0.3) is 130 Å². The van der Waals surface area contributed by atoms with Crippen molar-refractivity contribution in [2.24, 2.45) is 0 Å². The first kappa shape index (κ1) is 33.0. The maximum Gasteiger partial charge on any atom is 0.236 e. The third-order valence-corrected chi connectivity index (χ3v) is 14.0. The smallest absolute Gasteiger partial charge is 0.236 e. The van der Waals surface area contributed by atoms with Gasteiger partial charge in [0.05, 0.1) is 27.8 Å². The lowest BCUT2D eigenvalue weighted by Gasteiger charge is -2.13. The second-order valence-electron chi connectivity index (χ2n) is 16.1. The lowest BCUT2D eigenvalue weighted by molar-refractivity contribution is 1.02. The van der Waals surface area contributed by atoms with E-state index in [2.05, 4.69) is 203 Å². The lowest BCUT2D eigenvalue weighted by Crippen LogP contribution is -2.03. The van der Waals surface area contributed by atoms with Crippen molar-refractivity contribution < 1.29 is 0 Å². The predicted octanol–water partition coefficient (Wildman–Crippen LogP) is 15.3. The number of rotatable bonds is 3. The third-order valence-electron chi connectivity index (χ3n) is 12.9. The molecule has 0 aliphatic rings. The number of fused-ring (bicyclic) bond motifs is 18. The van der Waals surface area contributed by atoms with Crippen molar-refractivity contribution in [3.8, 4) is 22.9 Å². The highest BCUT2D eigenvalue weighted by molar-refractivity contribution is 7.25. The number of benzene rings is 10. The molecule has 5 heteroatoms. The average molecular weight is 793 g/mol. The Morgan fingerprint density at radius 1 is 0.344 bits per heavy atom. The number of thiophene rings is 1. The second-order valence-corrected chi connectivity index (χ2v) is 17.1. The fourth-order valence-electron chi connectivity index (χ4n) is 10.4. The molecule has 4 nitrogen and oxygen atoms in total. The normalized spacial score (nSPS) is 12.3. The Morgan fingerprint density at radius 3 is 1.75 bits per heavy atom. The lowest BCUT2D eigenvalue weighted by atomic mass is 9.91. The van der Waals surface area contributed by atoms with E-state index in [1.54, 1.807) is 11.3 Å². The van der Waals surface area contributed by atoms with Crippen LogP contribution in [0.3, 0.4) is 0 Å². The summed E-state index contributed by atoms with van der Waals surface area (Å²) in [5, 5.41) is 17.1. The van der Waals surface area contributed by atoms with Crippen LogP contribution in [-0.2, 0) is 0 Å². The molecule has 10 aromatic carbocycles. The van der Waals surface area contributed by atoms with Crippen molar-refractivity contribution in [1.29, 1.82) is 0 Å². The van der Waals surface area contributed by atoms with Crippen LogP contribution in [0.4, 0.5) is 0 Å². The van der Waals surface area contributed by atoms with Gasteiger partial charge in [-0.15, -0.1) is 11.3 Å². The van der Waals surface area contributed by atoms with E-state index in [0.717, 1.165) is 43.7 Å². The molecule has 0 atom stereocenters. The molecule has 0 radical (unpaired) electrons. The van der Waals surface area contributed by atoms with Gasteiger partial charge in [-0.05, 0) is 80.2 Å². The minimum Gasteiger partial charge on any atom is -0.309 e. The van der Waals surface area contributed by atoms with Crippen LogP contribution in [0.15, 0.2) is 194 Å². The molecule has 61 heavy (non-hydrogen) atoms. The van der Waals surface area contributed by atoms with Crippen molar-refractivity contribution in [2.75, 3.05) is 0 Å². The van der Waals surface area contributed by atoms with Gasteiger partial charge in [-0.1, -0.05) is 152 Å². The molecular weight excluding hydrogens is 761 g/mol. The first-order valence-corrected chi connectivity index (χ1v) is 21.6. The Balaban J connectivity index is 1.14. The summed E-state index contributed by atoms with van der Waals surface area (Å²) in [6, 6.07) is 70.6. The quantitative estimate of drug-likeness (QED) is 0.167. The zero-order chi connectivity index (χ0) is 39.8. The van der Waals surface area contributed by atoms with E-state index in [9.17, 15) is 0 Å². The van der Waals surface area contributed by atoms with Gasteiger partial charge < -0.3 is 4.57 Å². The van der Waals surface area contributed by atoms with Gasteiger partial charge in [0.25, 0.3) is 0 Å². The van der Waals surface area contributed by atoms with Crippen molar-refractivity contribution in [3.05, 3.63) is 194 Å². The fourth-order valence-corrected chi connectivity index (χ4v) is 11.4. The van der Waals surface area contributed by atoms with E-state index >= 15 is 0 Å². The predicted molar refractivity (Wildman–Crippen MR) is 259 cm³/mol. The molecule has 0 aliphatic heterocycles. The minimum absolute atomic E-state index is 0.664. The largest absolute Gasteiger partial charge is 0.309 e. The molecule has 0 aliphatic carbocycles. The van der Waals surface area contributed by atoms with Crippen LogP contribution < -0.4 is 0 Å². The number of hydrogen-bond donors (Lipinski definition) is 0. The van der Waals surface area contributed by atoms with Gasteiger partial charge in [-0.3, -0.25) is 4.57 Å². The topological polar surface area (TPSA) is 35.6 Å². The van der Waals surface area contributed by atoms with Gasteiger partial charge in [-0.25, -0.2) is 9.97 Å². The molecule has 0 saturated heterocycles. The van der Waals surface area contributed by atoms with E-state index in [-0.39, 0.29) is 0 Å². The first-order valence-electron chi connectivity index (χ1n) is 20.8. The van der Waals surface area contributed by atoms with E-state index < -0.39 is 0 Å². The highest BCUT2D eigenvalue weighted by Gasteiger charge is 2.24. The average Bonchev–Trinajstić information content (AvgIpc) is 3.99. The number of aromatic nitrogens is 4. The summed E-state index contributed by atoms with van der Waals surface area (Å²) in [4.78, 5) is 12.2. The van der Waals surface area contributed by atoms with Crippen molar-refractivity contribution in [2.45, 2.75) is 0 Å². The Labute approximate surface area is 352 Å². The Hall–Kier alpha value is -7.86. The summed E-state index contributed by atoms with van der Waals surface area (Å²) in [7, 11) is 0. The van der Waals surface area contributed by atoms with Crippen LogP contribution in [0.5, 0.6) is 0 Å². The van der Waals surface area contributed by atoms with Crippen molar-refractivity contribution in [1.82, 2.24) is 19.1 Å². The van der Waals surface area contributed by atoms with Gasteiger partial charge in [0.2, 0.25) is 5.95 Å². The van der Waals surface area contributed by atoms with Crippen LogP contribution >= 0.6 is 11.3 Å². The molecule has 0 N–H and O–H groups in total. The van der Waals surface area contributed by atoms with E-state index in [1.165, 1.54) is 80.2 Å². The van der Waals surface area contributed by atoms with Crippen LogP contribution in [-0.4, -0.2) is 19.1 Å². The number of para-hydroxylation sites is 2. The Bertz CT molecular complexity index is 4140. The first-order chi connectivity index (χ1) is 30.3. The van der Waals surface area contributed by atoms with E-state index in [0.29, 0.717) is 5.95 Å². The molecule has 0 amide bonds. The molecule has 0 fully saturated rings. The maximum absolute atomic E-state index is 5.72.